The number of aromatic nitrogens is 2. The summed E-state index contributed by atoms with van der Waals surface area (Å²) in [6, 6.07) is 14.2. The zero-order valence-corrected chi connectivity index (χ0v) is 16.4. The summed E-state index contributed by atoms with van der Waals surface area (Å²) in [5, 5.41) is 6.76. The van der Waals surface area contributed by atoms with E-state index < -0.39 is 0 Å². The summed E-state index contributed by atoms with van der Waals surface area (Å²) >= 11 is 1.60. The van der Waals surface area contributed by atoms with Gasteiger partial charge in [0, 0.05) is 19.3 Å². The zero-order valence-electron chi connectivity index (χ0n) is 15.5. The summed E-state index contributed by atoms with van der Waals surface area (Å²) in [6.07, 6.45) is 1.97. The van der Waals surface area contributed by atoms with Crippen LogP contribution in [0.2, 0.25) is 0 Å². The van der Waals surface area contributed by atoms with Crippen LogP contribution in [0.4, 0.5) is 0 Å². The molecule has 0 radical (unpaired) electrons. The highest BCUT2D eigenvalue weighted by Gasteiger charge is 2.29. The minimum atomic E-state index is 0.0275. The molecule has 1 aliphatic rings. The molecule has 0 aliphatic carbocycles. The molecule has 1 aromatic carbocycles. The van der Waals surface area contributed by atoms with Gasteiger partial charge in [-0.1, -0.05) is 36.4 Å². The average Bonchev–Trinajstić information content (AvgIpc) is 3.30. The van der Waals surface area contributed by atoms with Gasteiger partial charge >= 0.3 is 0 Å². The van der Waals surface area contributed by atoms with Gasteiger partial charge < -0.3 is 9.64 Å². The Morgan fingerprint density at radius 1 is 1.15 bits per heavy atom. The van der Waals surface area contributed by atoms with E-state index in [1.54, 1.807) is 11.3 Å². The number of hydrogen-bond donors (Lipinski definition) is 0. The van der Waals surface area contributed by atoms with E-state index in [0.717, 1.165) is 16.1 Å². The first kappa shape index (κ1) is 17.9. The van der Waals surface area contributed by atoms with Gasteiger partial charge in [0.25, 0.3) is 5.91 Å². The summed E-state index contributed by atoms with van der Waals surface area (Å²) in [7, 11) is 0. The molecular formula is C21H23N3O2S. The van der Waals surface area contributed by atoms with Crippen LogP contribution in [-0.2, 0) is 11.3 Å². The largest absolute Gasteiger partial charge is 0.372 e. The fraction of sp³-hybridized carbons (Fsp3) is 0.333. The molecule has 0 saturated carbocycles. The molecular weight excluding hydrogens is 358 g/mol. The SMILES string of the molecule is CC1CN(C(=O)c2cn(Cc3ccccc3)nc2-c2cccs2)CC(C)O1. The second-order valence-corrected chi connectivity index (χ2v) is 7.97. The molecule has 3 aromatic rings. The molecule has 1 saturated heterocycles. The van der Waals surface area contributed by atoms with Crippen molar-refractivity contribution in [3.8, 4) is 10.6 Å². The van der Waals surface area contributed by atoms with E-state index in [1.165, 1.54) is 0 Å². The maximum Gasteiger partial charge on any atom is 0.257 e. The van der Waals surface area contributed by atoms with Crippen molar-refractivity contribution in [1.82, 2.24) is 14.7 Å². The summed E-state index contributed by atoms with van der Waals surface area (Å²) < 4.78 is 7.64. The number of nitrogens with zero attached hydrogens (tertiary/aromatic N) is 3. The minimum absolute atomic E-state index is 0.0275. The van der Waals surface area contributed by atoms with E-state index in [-0.39, 0.29) is 18.1 Å². The van der Waals surface area contributed by atoms with Crippen molar-refractivity contribution in [2.45, 2.75) is 32.6 Å². The van der Waals surface area contributed by atoms with Crippen LogP contribution in [-0.4, -0.2) is 45.9 Å². The van der Waals surface area contributed by atoms with E-state index in [9.17, 15) is 4.79 Å². The summed E-state index contributed by atoms with van der Waals surface area (Å²) in [5.74, 6) is 0.0275. The smallest absolute Gasteiger partial charge is 0.257 e. The molecule has 1 fully saturated rings. The van der Waals surface area contributed by atoms with E-state index >= 15 is 0 Å². The van der Waals surface area contributed by atoms with Crippen molar-refractivity contribution in [3.63, 3.8) is 0 Å². The number of morpholine rings is 1. The number of thiophene rings is 1. The molecule has 1 amide bonds. The molecule has 2 aromatic heterocycles. The Labute approximate surface area is 163 Å². The quantitative estimate of drug-likeness (QED) is 0.688. The Balaban J connectivity index is 1.67. The second kappa shape index (κ2) is 7.66. The molecule has 27 heavy (non-hydrogen) atoms. The van der Waals surface area contributed by atoms with Crippen molar-refractivity contribution in [2.75, 3.05) is 13.1 Å². The Morgan fingerprint density at radius 2 is 1.89 bits per heavy atom. The third kappa shape index (κ3) is 3.96. The number of carbonyl (C=O) groups excluding carboxylic acids is 1. The van der Waals surface area contributed by atoms with E-state index in [0.29, 0.717) is 25.2 Å². The highest BCUT2D eigenvalue weighted by molar-refractivity contribution is 7.13. The molecule has 2 atom stereocenters. The van der Waals surface area contributed by atoms with Crippen molar-refractivity contribution < 1.29 is 9.53 Å². The van der Waals surface area contributed by atoms with Crippen molar-refractivity contribution >= 4 is 17.2 Å². The first-order valence-electron chi connectivity index (χ1n) is 9.20. The van der Waals surface area contributed by atoms with E-state index in [1.807, 2.05) is 65.3 Å². The van der Waals surface area contributed by atoms with E-state index in [4.69, 9.17) is 9.84 Å². The van der Waals surface area contributed by atoms with Gasteiger partial charge in [-0.05, 0) is 30.9 Å². The van der Waals surface area contributed by atoms with Crippen LogP contribution in [0.25, 0.3) is 10.6 Å². The standard InChI is InChI=1S/C21H23N3O2S/c1-15-11-23(12-16(2)26-15)21(25)18-14-24(13-17-7-4-3-5-8-17)22-20(18)19-9-6-10-27-19/h3-10,14-16H,11-13H2,1-2H3. The number of rotatable bonds is 4. The second-order valence-electron chi connectivity index (χ2n) is 7.02. The van der Waals surface area contributed by atoms with Gasteiger partial charge in [-0.3, -0.25) is 9.48 Å². The molecule has 3 heterocycles. The van der Waals surface area contributed by atoms with Crippen LogP contribution in [0.3, 0.4) is 0 Å². The van der Waals surface area contributed by atoms with Gasteiger partial charge in [-0.15, -0.1) is 11.3 Å². The van der Waals surface area contributed by atoms with Gasteiger partial charge in [0.15, 0.2) is 0 Å². The molecule has 140 valence electrons. The highest BCUT2D eigenvalue weighted by atomic mass is 32.1. The predicted molar refractivity (Wildman–Crippen MR) is 107 cm³/mol. The maximum absolute atomic E-state index is 13.3. The van der Waals surface area contributed by atoms with E-state index in [2.05, 4.69) is 12.1 Å². The lowest BCUT2D eigenvalue weighted by atomic mass is 10.1. The first-order valence-corrected chi connectivity index (χ1v) is 10.1. The van der Waals surface area contributed by atoms with Gasteiger partial charge in [0.1, 0.15) is 5.69 Å². The first-order chi connectivity index (χ1) is 13.1. The summed E-state index contributed by atoms with van der Waals surface area (Å²) in [5.41, 5.74) is 2.58. The number of hydrogen-bond acceptors (Lipinski definition) is 4. The van der Waals surface area contributed by atoms with Crippen LogP contribution in [0.5, 0.6) is 0 Å². The molecule has 0 N–H and O–H groups in total. The summed E-state index contributed by atoms with van der Waals surface area (Å²) in [4.78, 5) is 16.2. The van der Waals surface area contributed by atoms with Gasteiger partial charge in [-0.2, -0.15) is 5.10 Å². The Bertz CT molecular complexity index is 895. The van der Waals surface area contributed by atoms with Crippen LogP contribution >= 0.6 is 11.3 Å². The molecule has 2 unspecified atom stereocenters. The number of ether oxygens (including phenoxy) is 1. The van der Waals surface area contributed by atoms with Gasteiger partial charge in [0.05, 0.1) is 29.2 Å². The molecule has 6 heteroatoms. The molecule has 0 bridgehead atoms. The lowest BCUT2D eigenvalue weighted by Crippen LogP contribution is -2.48. The maximum atomic E-state index is 13.3. The number of amides is 1. The third-order valence-electron chi connectivity index (χ3n) is 4.64. The summed E-state index contributed by atoms with van der Waals surface area (Å²) in [6.45, 7) is 5.88. The third-order valence-corrected chi connectivity index (χ3v) is 5.52. The normalized spacial score (nSPS) is 20.0. The van der Waals surface area contributed by atoms with Crippen molar-refractivity contribution in [3.05, 3.63) is 65.2 Å². The zero-order chi connectivity index (χ0) is 18.8. The fourth-order valence-electron chi connectivity index (χ4n) is 3.54. The van der Waals surface area contributed by atoms with Gasteiger partial charge in [0.2, 0.25) is 0 Å². The van der Waals surface area contributed by atoms with Crippen molar-refractivity contribution in [2.24, 2.45) is 0 Å². The van der Waals surface area contributed by atoms with Crippen LogP contribution < -0.4 is 0 Å². The number of carbonyl (C=O) groups is 1. The lowest BCUT2D eigenvalue weighted by molar-refractivity contribution is -0.0586. The fourth-order valence-corrected chi connectivity index (χ4v) is 4.26. The monoisotopic (exact) mass is 381 g/mol. The van der Waals surface area contributed by atoms with Crippen molar-refractivity contribution in [1.29, 1.82) is 0 Å². The van der Waals surface area contributed by atoms with Crippen LogP contribution in [0, 0.1) is 0 Å². The Morgan fingerprint density at radius 3 is 2.56 bits per heavy atom. The number of benzene rings is 1. The predicted octanol–water partition coefficient (Wildman–Crippen LogP) is 3.91. The lowest BCUT2D eigenvalue weighted by Gasteiger charge is -2.35. The van der Waals surface area contributed by atoms with Crippen LogP contribution in [0.15, 0.2) is 54.0 Å². The highest BCUT2D eigenvalue weighted by Crippen LogP contribution is 2.28. The Kier molecular flexibility index (Phi) is 5.09. The topological polar surface area (TPSA) is 47.4 Å². The van der Waals surface area contributed by atoms with Crippen LogP contribution in [0.1, 0.15) is 29.8 Å². The average molecular weight is 382 g/mol. The van der Waals surface area contributed by atoms with Gasteiger partial charge in [-0.25, -0.2) is 0 Å². The minimum Gasteiger partial charge on any atom is -0.372 e. The molecule has 4 rings (SSSR count). The molecule has 0 spiro atoms. The molecule has 5 nitrogen and oxygen atoms in total. The molecule has 1 aliphatic heterocycles. The Hall–Kier alpha value is -2.44.